The predicted octanol–water partition coefficient (Wildman–Crippen LogP) is 3.58. The van der Waals surface area contributed by atoms with Crippen LogP contribution < -0.4 is 0 Å². The second-order valence-electron chi connectivity index (χ2n) is 4.74. The fourth-order valence-electron chi connectivity index (χ4n) is 1.45. The minimum absolute atomic E-state index is 0.0601. The van der Waals surface area contributed by atoms with Gasteiger partial charge in [0.15, 0.2) is 0 Å². The van der Waals surface area contributed by atoms with Crippen molar-refractivity contribution in [3.8, 4) is 12.8 Å². The number of methoxy groups -OCH3 is 1. The Morgan fingerprint density at radius 3 is 2.31 bits per heavy atom. The smallest absolute Gasteiger partial charge is 0.341 e. The van der Waals surface area contributed by atoms with Gasteiger partial charge in [0.05, 0.1) is 24.6 Å². The highest BCUT2D eigenvalue weighted by atomic mass is 35.5. The van der Waals surface area contributed by atoms with Gasteiger partial charge in [0.1, 0.15) is 16.4 Å². The summed E-state index contributed by atoms with van der Waals surface area (Å²) >= 11 is 5.65. The van der Waals surface area contributed by atoms with Gasteiger partial charge in [-0.15, -0.1) is 12.8 Å². The summed E-state index contributed by atoms with van der Waals surface area (Å²) in [4.78, 5) is 35.5. The zero-order valence-corrected chi connectivity index (χ0v) is 16.2. The van der Waals surface area contributed by atoms with Crippen LogP contribution >= 0.6 is 11.6 Å². The first-order valence-electron chi connectivity index (χ1n) is 7.59. The van der Waals surface area contributed by atoms with E-state index in [4.69, 9.17) is 16.3 Å². The molecule has 1 unspecified atom stereocenters. The van der Waals surface area contributed by atoms with Crippen LogP contribution in [0.5, 0.6) is 0 Å². The van der Waals surface area contributed by atoms with E-state index in [-0.39, 0.29) is 34.0 Å². The third kappa shape index (κ3) is 8.44. The number of aromatic nitrogens is 1. The van der Waals surface area contributed by atoms with Crippen molar-refractivity contribution in [3.05, 3.63) is 32.6 Å². The number of halogens is 1. The summed E-state index contributed by atoms with van der Waals surface area (Å²) in [7, 11) is 1.16. The maximum absolute atomic E-state index is 11.2. The molecule has 1 aromatic rings. The number of rotatable bonds is 5. The lowest BCUT2D eigenvalue weighted by molar-refractivity contribution is -0.385. The normalized spacial score (nSPS) is 10.2. The van der Waals surface area contributed by atoms with Crippen molar-refractivity contribution in [1.82, 2.24) is 4.98 Å². The maximum Gasteiger partial charge on any atom is 0.341 e. The first-order chi connectivity index (χ1) is 12.2. The molecule has 0 amide bonds. The zero-order chi connectivity index (χ0) is 20.9. The molecule has 1 rings (SSSR count). The highest BCUT2D eigenvalue weighted by molar-refractivity contribution is 6.32. The van der Waals surface area contributed by atoms with Crippen molar-refractivity contribution >= 4 is 29.2 Å². The molecule has 0 aromatic carbocycles. The number of ether oxygens (including phenoxy) is 2. The SMILES string of the molecule is C#C.CCOC(=O)C(C)CC.COC(=O)c1cc([N+](=O)[O-])c(C)nc1Cl. The molecule has 1 heterocycles. The molecule has 0 radical (unpaired) electrons. The monoisotopic (exact) mass is 386 g/mol. The molecule has 0 saturated carbocycles. The van der Waals surface area contributed by atoms with Gasteiger partial charge in [-0.05, 0) is 20.3 Å². The molecule has 9 heteroatoms. The van der Waals surface area contributed by atoms with Gasteiger partial charge >= 0.3 is 11.9 Å². The zero-order valence-electron chi connectivity index (χ0n) is 15.4. The van der Waals surface area contributed by atoms with Gasteiger partial charge in [0.2, 0.25) is 0 Å². The van der Waals surface area contributed by atoms with E-state index in [1.807, 2.05) is 20.8 Å². The third-order valence-corrected chi connectivity index (χ3v) is 3.33. The van der Waals surface area contributed by atoms with Gasteiger partial charge in [-0.2, -0.15) is 0 Å². The Morgan fingerprint density at radius 1 is 1.38 bits per heavy atom. The fourth-order valence-corrected chi connectivity index (χ4v) is 1.71. The molecule has 0 aliphatic carbocycles. The van der Waals surface area contributed by atoms with Gasteiger partial charge in [-0.25, -0.2) is 9.78 Å². The molecule has 8 nitrogen and oxygen atoms in total. The first-order valence-corrected chi connectivity index (χ1v) is 7.97. The van der Waals surface area contributed by atoms with Gasteiger partial charge in [-0.3, -0.25) is 14.9 Å². The second kappa shape index (κ2) is 13.6. The number of nitro groups is 1. The number of carbonyl (C=O) groups is 2. The summed E-state index contributed by atoms with van der Waals surface area (Å²) < 4.78 is 9.16. The topological polar surface area (TPSA) is 109 Å². The Bertz CT molecular complexity index is 646. The summed E-state index contributed by atoms with van der Waals surface area (Å²) in [6.07, 6.45) is 8.86. The van der Waals surface area contributed by atoms with Gasteiger partial charge in [-0.1, -0.05) is 25.4 Å². The highest BCUT2D eigenvalue weighted by Crippen LogP contribution is 2.23. The summed E-state index contributed by atoms with van der Waals surface area (Å²) in [5.41, 5.74) is -0.228. The van der Waals surface area contributed by atoms with Crippen LogP contribution in [0.25, 0.3) is 0 Å². The second-order valence-corrected chi connectivity index (χ2v) is 5.10. The summed E-state index contributed by atoms with van der Waals surface area (Å²) in [6, 6.07) is 1.05. The highest BCUT2D eigenvalue weighted by Gasteiger charge is 2.20. The van der Waals surface area contributed by atoms with Crippen molar-refractivity contribution in [2.24, 2.45) is 5.92 Å². The van der Waals surface area contributed by atoms with Crippen LogP contribution in [0.1, 0.15) is 43.2 Å². The number of hydrogen-bond acceptors (Lipinski definition) is 7. The Labute approximate surface area is 158 Å². The number of terminal acetylenes is 1. The average Bonchev–Trinajstić information content (AvgIpc) is 2.62. The summed E-state index contributed by atoms with van der Waals surface area (Å²) in [6.45, 7) is 7.59. The Hall–Kier alpha value is -2.66. The molecule has 0 spiro atoms. The molecule has 0 N–H and O–H groups in total. The standard InChI is InChI=1S/C8H7ClN2O4.C7H14O2.C2H2/c1-4-6(11(13)14)3-5(7(9)10-4)8(12)15-2;1-4-6(3)7(8)9-5-2;1-2/h3H,1-2H3;6H,4-5H2,1-3H3;1-2H. The van der Waals surface area contributed by atoms with Crippen LogP contribution in [-0.2, 0) is 14.3 Å². The first kappa shape index (κ1) is 25.6. The Morgan fingerprint density at radius 2 is 1.92 bits per heavy atom. The number of pyridine rings is 1. The van der Waals surface area contributed by atoms with Crippen LogP contribution in [0.15, 0.2) is 6.07 Å². The molecule has 0 aliphatic heterocycles. The van der Waals surface area contributed by atoms with Crippen LogP contribution in [-0.4, -0.2) is 35.6 Å². The molecule has 1 atom stereocenters. The van der Waals surface area contributed by atoms with E-state index in [9.17, 15) is 19.7 Å². The van der Waals surface area contributed by atoms with Crippen molar-refractivity contribution in [2.45, 2.75) is 34.1 Å². The van der Waals surface area contributed by atoms with Crippen molar-refractivity contribution in [3.63, 3.8) is 0 Å². The van der Waals surface area contributed by atoms with Crippen LogP contribution in [0.3, 0.4) is 0 Å². The van der Waals surface area contributed by atoms with Gasteiger partial charge in [0.25, 0.3) is 5.69 Å². The predicted molar refractivity (Wildman–Crippen MR) is 98.0 cm³/mol. The summed E-state index contributed by atoms with van der Waals surface area (Å²) in [5, 5.41) is 10.5. The number of carbonyl (C=O) groups excluding carboxylic acids is 2. The molecule has 0 bridgehead atoms. The number of aryl methyl sites for hydroxylation is 1. The molecular formula is C17H23ClN2O6. The maximum atomic E-state index is 11.2. The van der Waals surface area contributed by atoms with E-state index in [0.717, 1.165) is 19.6 Å². The lowest BCUT2D eigenvalue weighted by Crippen LogP contribution is -2.13. The van der Waals surface area contributed by atoms with E-state index in [2.05, 4.69) is 22.6 Å². The molecule has 0 saturated heterocycles. The van der Waals surface area contributed by atoms with Crippen LogP contribution in [0, 0.1) is 35.8 Å². The lowest BCUT2D eigenvalue weighted by Gasteiger charge is -2.05. The number of nitrogens with zero attached hydrogens (tertiary/aromatic N) is 2. The largest absolute Gasteiger partial charge is 0.466 e. The molecule has 26 heavy (non-hydrogen) atoms. The molecule has 0 fully saturated rings. The quantitative estimate of drug-likeness (QED) is 0.250. The molecule has 144 valence electrons. The molecular weight excluding hydrogens is 364 g/mol. The van der Waals surface area contributed by atoms with Crippen LogP contribution in [0.2, 0.25) is 5.15 Å². The van der Waals surface area contributed by atoms with Crippen LogP contribution in [0.4, 0.5) is 5.69 Å². The fraction of sp³-hybridized carbons (Fsp3) is 0.471. The third-order valence-electron chi connectivity index (χ3n) is 3.04. The van der Waals surface area contributed by atoms with Crippen molar-refractivity contribution in [1.29, 1.82) is 0 Å². The lowest BCUT2D eigenvalue weighted by atomic mass is 10.1. The minimum Gasteiger partial charge on any atom is -0.466 e. The Balaban J connectivity index is 0. The minimum atomic E-state index is -0.754. The number of esters is 2. The molecule has 0 aliphatic rings. The summed E-state index contributed by atoms with van der Waals surface area (Å²) in [5.74, 6) is -0.777. The van der Waals surface area contributed by atoms with Gasteiger partial charge < -0.3 is 9.47 Å². The van der Waals surface area contributed by atoms with E-state index in [1.165, 1.54) is 6.92 Å². The molecule has 1 aromatic heterocycles. The van der Waals surface area contributed by atoms with E-state index >= 15 is 0 Å². The van der Waals surface area contributed by atoms with Gasteiger partial charge in [0, 0.05) is 6.07 Å². The number of hydrogen-bond donors (Lipinski definition) is 0. The van der Waals surface area contributed by atoms with Crippen molar-refractivity contribution in [2.75, 3.05) is 13.7 Å². The van der Waals surface area contributed by atoms with E-state index in [0.29, 0.717) is 6.61 Å². The van der Waals surface area contributed by atoms with E-state index < -0.39 is 10.9 Å². The van der Waals surface area contributed by atoms with Crippen molar-refractivity contribution < 1.29 is 24.0 Å². The average molecular weight is 387 g/mol. The Kier molecular flexibility index (Phi) is 13.4. The van der Waals surface area contributed by atoms with E-state index in [1.54, 1.807) is 0 Å².